The molecule has 0 radical (unpaired) electrons. The van der Waals surface area contributed by atoms with E-state index in [0.29, 0.717) is 0 Å². The zero-order valence-electron chi connectivity index (χ0n) is 8.39. The zero-order valence-corrected chi connectivity index (χ0v) is 10.4. The lowest BCUT2D eigenvalue weighted by Crippen LogP contribution is -2.58. The molecule has 0 bridgehead atoms. The Morgan fingerprint density at radius 3 is 1.55 bits per heavy atom. The lowest BCUT2D eigenvalue weighted by atomic mass is 10.9. The monoisotopic (exact) mass is 186 g/mol. The fourth-order valence-electron chi connectivity index (χ4n) is 0.668. The van der Waals surface area contributed by atoms with Gasteiger partial charge in [0.1, 0.15) is 0 Å². The van der Waals surface area contributed by atoms with Gasteiger partial charge in [-0.25, -0.2) is 0 Å². The van der Waals surface area contributed by atoms with Crippen molar-refractivity contribution in [2.24, 2.45) is 0 Å². The second-order valence-corrected chi connectivity index (χ2v) is 21.3. The predicted molar refractivity (Wildman–Crippen MR) is 55.1 cm³/mol. The average Bonchev–Trinajstić information content (AvgIpc) is 1.83. The molecule has 0 heterocycles. The average molecular weight is 186 g/mol. The summed E-state index contributed by atoms with van der Waals surface area (Å²) in [5.41, 5.74) is 8.68. The number of rotatable bonds is 2. The molecule has 4 heteroatoms. The van der Waals surface area contributed by atoms with Gasteiger partial charge in [-0.05, 0) is 0 Å². The van der Waals surface area contributed by atoms with E-state index in [0.717, 1.165) is 5.33 Å². The van der Waals surface area contributed by atoms with Crippen molar-refractivity contribution in [3.8, 4) is 0 Å². The van der Waals surface area contributed by atoms with Crippen molar-refractivity contribution in [2.45, 2.75) is 39.7 Å². The second-order valence-electron chi connectivity index (χ2n) is 4.56. The lowest BCUT2D eigenvalue weighted by Gasteiger charge is -2.29. The first-order valence-corrected chi connectivity index (χ1v) is 11.4. The van der Waals surface area contributed by atoms with Gasteiger partial charge in [0.15, 0.2) is 7.59 Å². The van der Waals surface area contributed by atoms with Crippen LogP contribution in [0.4, 0.5) is 0 Å². The largest absolute Gasteiger partial charge is 0.362 e. The van der Waals surface area contributed by atoms with Crippen LogP contribution in [0, 0.1) is 0 Å². The molecular formula is C7H18N2Si2. The maximum atomic E-state index is 8.68. The molecule has 0 saturated heterocycles. The van der Waals surface area contributed by atoms with Crippen molar-refractivity contribution < 1.29 is 4.79 Å². The molecule has 0 fully saturated rings. The minimum absolute atomic E-state index is 0.983. The first-order valence-electron chi connectivity index (χ1n) is 3.92. The van der Waals surface area contributed by atoms with Crippen molar-refractivity contribution in [1.82, 2.24) is 0 Å². The molecule has 0 aromatic heterocycles. The number of hydrogen-bond acceptors (Lipinski definition) is 0. The third kappa shape index (κ3) is 2.12. The van der Waals surface area contributed by atoms with Crippen molar-refractivity contribution in [1.29, 1.82) is 0 Å². The molecule has 0 aliphatic carbocycles. The van der Waals surface area contributed by atoms with Gasteiger partial charge in [-0.2, -0.15) is 4.79 Å². The summed E-state index contributed by atoms with van der Waals surface area (Å²) in [6, 6.07) is 0. The molecule has 0 aromatic rings. The Kier molecular flexibility index (Phi) is 3.00. The molecule has 0 spiro atoms. The zero-order chi connectivity index (χ0) is 9.28. The Morgan fingerprint density at radius 1 is 1.09 bits per heavy atom. The van der Waals surface area contributed by atoms with Gasteiger partial charge in [0, 0.05) is 6.92 Å². The van der Waals surface area contributed by atoms with Gasteiger partial charge in [-0.3, -0.25) is 0 Å². The Morgan fingerprint density at radius 2 is 1.45 bits per heavy atom. The number of nitrogens with zero attached hydrogens (tertiary/aromatic N) is 2. The first kappa shape index (κ1) is 10.8. The van der Waals surface area contributed by atoms with Crippen LogP contribution in [0.1, 0.15) is 6.92 Å². The second kappa shape index (κ2) is 3.05. The quantitative estimate of drug-likeness (QED) is 0.275. The minimum atomic E-state index is -1.37. The molecule has 2 nitrogen and oxygen atoms in total. The lowest BCUT2D eigenvalue weighted by molar-refractivity contribution is -0.00179. The topological polar surface area (TPSA) is 36.4 Å². The molecule has 0 amide bonds. The van der Waals surface area contributed by atoms with E-state index in [1.807, 2.05) is 6.92 Å². The molecule has 0 N–H and O–H groups in total. The highest BCUT2D eigenvalue weighted by Gasteiger charge is 2.44. The Labute approximate surface area is 71.1 Å². The summed E-state index contributed by atoms with van der Waals surface area (Å²) in [5.74, 6) is 0. The normalized spacial score (nSPS) is 12.5. The van der Waals surface area contributed by atoms with E-state index in [-0.39, 0.29) is 0 Å². The van der Waals surface area contributed by atoms with Gasteiger partial charge in [-0.15, -0.1) is 0 Å². The standard InChI is InChI=1S/C7H18N2Si2/c1-7(9-8)11(5,6)10(2,3)4/h1-6H3. The predicted octanol–water partition coefficient (Wildman–Crippen LogP) is 2.34. The minimum Gasteiger partial charge on any atom is -0.362 e. The third-order valence-corrected chi connectivity index (χ3v) is 20.9. The summed E-state index contributed by atoms with van der Waals surface area (Å²) in [5, 5.41) is 0.983. The summed E-state index contributed by atoms with van der Waals surface area (Å²) in [6.45, 7) is 13.5. The van der Waals surface area contributed by atoms with E-state index in [1.165, 1.54) is 0 Å². The fraction of sp³-hybridized carbons (Fsp3) is 0.857. The number of hydrogen-bond donors (Lipinski definition) is 0. The molecule has 11 heavy (non-hydrogen) atoms. The van der Waals surface area contributed by atoms with Gasteiger partial charge in [0.2, 0.25) is 5.33 Å². The molecule has 0 aliphatic rings. The smallest absolute Gasteiger partial charge is 0.231 e. The van der Waals surface area contributed by atoms with Crippen LogP contribution in [0.25, 0.3) is 5.53 Å². The van der Waals surface area contributed by atoms with E-state index >= 15 is 0 Å². The Hall–Kier alpha value is -0.186. The van der Waals surface area contributed by atoms with Crippen molar-refractivity contribution in [3.63, 3.8) is 0 Å². The Bertz CT molecular complexity index is 197. The summed E-state index contributed by atoms with van der Waals surface area (Å²) in [4.78, 5) is 3.34. The van der Waals surface area contributed by atoms with E-state index in [9.17, 15) is 0 Å². The van der Waals surface area contributed by atoms with Gasteiger partial charge in [0.05, 0.1) is 7.59 Å². The van der Waals surface area contributed by atoms with E-state index in [2.05, 4.69) is 37.5 Å². The van der Waals surface area contributed by atoms with Gasteiger partial charge in [0.25, 0.3) is 0 Å². The molecule has 0 atom stereocenters. The summed E-state index contributed by atoms with van der Waals surface area (Å²) in [7, 11) is -2.49. The first-order chi connectivity index (χ1) is 4.73. The van der Waals surface area contributed by atoms with Crippen LogP contribution in [0.2, 0.25) is 32.7 Å². The molecule has 64 valence electrons. The van der Waals surface area contributed by atoms with Crippen LogP contribution in [0.15, 0.2) is 0 Å². The van der Waals surface area contributed by atoms with E-state index < -0.39 is 15.2 Å². The van der Waals surface area contributed by atoms with Crippen LogP contribution >= 0.6 is 0 Å². The molecular weight excluding hydrogens is 168 g/mol. The maximum absolute atomic E-state index is 8.68. The highest BCUT2D eigenvalue weighted by molar-refractivity contribution is 7.51. The van der Waals surface area contributed by atoms with Gasteiger partial charge >= 0.3 is 0 Å². The molecule has 0 aromatic carbocycles. The van der Waals surface area contributed by atoms with Gasteiger partial charge < -0.3 is 5.53 Å². The highest BCUT2D eigenvalue weighted by Crippen LogP contribution is 2.18. The van der Waals surface area contributed by atoms with Crippen LogP contribution in [-0.2, 0) is 0 Å². The molecule has 0 aliphatic heterocycles. The van der Waals surface area contributed by atoms with Crippen LogP contribution < -0.4 is 0 Å². The van der Waals surface area contributed by atoms with Crippen LogP contribution in [-0.4, -0.2) is 25.3 Å². The fourth-order valence-corrected chi connectivity index (χ4v) is 5.41. The SMILES string of the molecule is CC(=[N+]=[N-])[Si](C)(C)[Si](C)(C)C. The van der Waals surface area contributed by atoms with Gasteiger partial charge in [-0.1, -0.05) is 32.7 Å². The maximum Gasteiger partial charge on any atom is 0.231 e. The molecule has 0 rings (SSSR count). The summed E-state index contributed by atoms with van der Waals surface area (Å²) in [6.07, 6.45) is 0. The van der Waals surface area contributed by atoms with Crippen molar-refractivity contribution >= 4 is 20.5 Å². The van der Waals surface area contributed by atoms with Crippen LogP contribution in [0.5, 0.6) is 0 Å². The summed E-state index contributed by atoms with van der Waals surface area (Å²) >= 11 is 0. The molecule has 0 saturated carbocycles. The van der Waals surface area contributed by atoms with E-state index in [4.69, 9.17) is 5.53 Å². The van der Waals surface area contributed by atoms with Crippen LogP contribution in [0.3, 0.4) is 0 Å². The summed E-state index contributed by atoms with van der Waals surface area (Å²) < 4.78 is 0. The van der Waals surface area contributed by atoms with Crippen molar-refractivity contribution in [2.75, 3.05) is 0 Å². The molecule has 0 unspecified atom stereocenters. The Balaban J connectivity index is 4.89. The third-order valence-electron chi connectivity index (χ3n) is 2.93. The van der Waals surface area contributed by atoms with E-state index in [1.54, 1.807) is 0 Å². The highest BCUT2D eigenvalue weighted by atomic mass is 29.3. The van der Waals surface area contributed by atoms with Crippen molar-refractivity contribution in [3.05, 3.63) is 5.53 Å².